The molecule has 7 heteroatoms. The smallest absolute Gasteiger partial charge is 0.340 e. The lowest BCUT2D eigenvalue weighted by Gasteiger charge is -2.21. The molecule has 100 valence electrons. The van der Waals surface area contributed by atoms with Crippen LogP contribution in [0.15, 0.2) is 12.3 Å². The largest absolute Gasteiger partial charge is 0.479 e. The summed E-state index contributed by atoms with van der Waals surface area (Å²) in [4.78, 5) is 15.5. The number of hydrogen-bond donors (Lipinski definition) is 2. The average molecular weight is 282 g/mol. The lowest BCUT2D eigenvalue weighted by atomic mass is 9.87. The van der Waals surface area contributed by atoms with E-state index in [9.17, 15) is 15.0 Å². The fraction of sp³-hybridized carbons (Fsp3) is 0.417. The molecule has 1 aliphatic carbocycles. The van der Waals surface area contributed by atoms with Crippen LogP contribution in [0, 0.1) is 0 Å². The molecule has 1 atom stereocenters. The van der Waals surface area contributed by atoms with E-state index in [4.69, 9.17) is 11.6 Å². The second-order valence-corrected chi connectivity index (χ2v) is 5.87. The van der Waals surface area contributed by atoms with Crippen molar-refractivity contribution < 1.29 is 15.0 Å². The number of hydrogen-bond acceptors (Lipinski definition) is 4. The van der Waals surface area contributed by atoms with E-state index in [1.165, 1.54) is 10.7 Å². The van der Waals surface area contributed by atoms with Gasteiger partial charge in [0.15, 0.2) is 16.4 Å². The van der Waals surface area contributed by atoms with Crippen LogP contribution < -0.4 is 0 Å². The molecule has 0 bridgehead atoms. The van der Waals surface area contributed by atoms with E-state index in [0.29, 0.717) is 11.3 Å². The van der Waals surface area contributed by atoms with E-state index < -0.39 is 17.0 Å². The molecule has 0 saturated heterocycles. The molecule has 2 N–H and O–H groups in total. The van der Waals surface area contributed by atoms with Gasteiger partial charge in [-0.1, -0.05) is 25.4 Å². The second-order valence-electron chi connectivity index (χ2n) is 5.48. The van der Waals surface area contributed by atoms with E-state index in [1.807, 2.05) is 13.8 Å². The van der Waals surface area contributed by atoms with Crippen molar-refractivity contribution in [2.24, 2.45) is 0 Å². The average Bonchev–Trinajstić information content (AvgIpc) is 2.74. The Kier molecular flexibility index (Phi) is 2.25. The van der Waals surface area contributed by atoms with E-state index in [1.54, 1.807) is 6.07 Å². The molecule has 0 radical (unpaired) electrons. The summed E-state index contributed by atoms with van der Waals surface area (Å²) >= 11 is 5.86. The van der Waals surface area contributed by atoms with E-state index in [2.05, 4.69) is 10.1 Å². The predicted octanol–water partition coefficient (Wildman–Crippen LogP) is 1.34. The van der Waals surface area contributed by atoms with E-state index in [0.717, 1.165) is 0 Å². The Bertz CT molecular complexity index is 710. The summed E-state index contributed by atoms with van der Waals surface area (Å²) in [7, 11) is 0. The number of carbonyl (C=O) groups is 1. The molecule has 6 nitrogen and oxygen atoms in total. The lowest BCUT2D eigenvalue weighted by molar-refractivity contribution is -0.160. The number of halogens is 1. The summed E-state index contributed by atoms with van der Waals surface area (Å²) in [6.07, 6.45) is 1.47. The third-order valence-corrected chi connectivity index (χ3v) is 3.78. The number of rotatable bonds is 1. The van der Waals surface area contributed by atoms with Crippen molar-refractivity contribution in [2.45, 2.75) is 31.3 Å². The Morgan fingerprint density at radius 3 is 2.84 bits per heavy atom. The third-order valence-electron chi connectivity index (χ3n) is 3.59. The zero-order valence-corrected chi connectivity index (χ0v) is 11.1. The Labute approximate surface area is 113 Å². The number of carboxylic acid groups (broad SMARTS) is 1. The van der Waals surface area contributed by atoms with Crippen LogP contribution in [-0.4, -0.2) is 30.8 Å². The first-order valence-electron chi connectivity index (χ1n) is 5.77. The van der Waals surface area contributed by atoms with Crippen LogP contribution in [0.5, 0.6) is 0 Å². The third kappa shape index (κ3) is 1.50. The SMILES string of the molecule is CC1(C)CC(O)(C(=O)O)c2cnc3cc(Cl)nn3c21. The molecule has 0 aliphatic heterocycles. The van der Waals surface area contributed by atoms with Gasteiger partial charge in [-0.15, -0.1) is 0 Å². The van der Waals surface area contributed by atoms with Crippen LogP contribution in [0.25, 0.3) is 5.65 Å². The Morgan fingerprint density at radius 2 is 2.21 bits per heavy atom. The second kappa shape index (κ2) is 3.46. The van der Waals surface area contributed by atoms with Gasteiger partial charge in [-0.3, -0.25) is 0 Å². The first-order chi connectivity index (χ1) is 8.75. The van der Waals surface area contributed by atoms with Gasteiger partial charge in [-0.2, -0.15) is 5.10 Å². The molecule has 2 heterocycles. The fourth-order valence-electron chi connectivity index (χ4n) is 2.87. The minimum atomic E-state index is -1.93. The Hall–Kier alpha value is -1.66. The van der Waals surface area contributed by atoms with Crippen molar-refractivity contribution in [3.05, 3.63) is 28.7 Å². The van der Waals surface area contributed by atoms with Gasteiger partial charge in [0.05, 0.1) is 5.69 Å². The quantitative estimate of drug-likeness (QED) is 0.823. The van der Waals surface area contributed by atoms with Gasteiger partial charge in [0.1, 0.15) is 0 Å². The number of aliphatic carboxylic acids is 1. The van der Waals surface area contributed by atoms with Crippen molar-refractivity contribution in [3.8, 4) is 0 Å². The van der Waals surface area contributed by atoms with Crippen molar-refractivity contribution in [2.75, 3.05) is 0 Å². The summed E-state index contributed by atoms with van der Waals surface area (Å²) in [6, 6.07) is 1.59. The molecule has 1 unspecified atom stereocenters. The molecule has 2 aromatic rings. The highest BCUT2D eigenvalue weighted by molar-refractivity contribution is 6.29. The minimum absolute atomic E-state index is 0.0724. The molecule has 19 heavy (non-hydrogen) atoms. The van der Waals surface area contributed by atoms with Crippen molar-refractivity contribution >= 4 is 23.2 Å². The monoisotopic (exact) mass is 281 g/mol. The fourth-order valence-corrected chi connectivity index (χ4v) is 3.04. The van der Waals surface area contributed by atoms with E-state index >= 15 is 0 Å². The van der Waals surface area contributed by atoms with Crippen molar-refractivity contribution in [1.82, 2.24) is 14.6 Å². The summed E-state index contributed by atoms with van der Waals surface area (Å²) < 4.78 is 1.51. The zero-order valence-electron chi connectivity index (χ0n) is 10.4. The van der Waals surface area contributed by atoms with Crippen LogP contribution in [0.2, 0.25) is 5.15 Å². The summed E-state index contributed by atoms with van der Waals surface area (Å²) in [6.45, 7) is 3.73. The Morgan fingerprint density at radius 1 is 1.53 bits per heavy atom. The van der Waals surface area contributed by atoms with Gasteiger partial charge >= 0.3 is 5.97 Å². The normalized spacial score (nSPS) is 24.6. The molecular formula is C12H12ClN3O3. The molecule has 0 fully saturated rings. The van der Waals surface area contributed by atoms with Crippen LogP contribution in [0.1, 0.15) is 31.5 Å². The van der Waals surface area contributed by atoms with Gasteiger partial charge in [0.2, 0.25) is 0 Å². The molecular weight excluding hydrogens is 270 g/mol. The highest BCUT2D eigenvalue weighted by atomic mass is 35.5. The summed E-state index contributed by atoms with van der Waals surface area (Å²) in [5, 5.41) is 24.1. The van der Waals surface area contributed by atoms with Crippen LogP contribution in [0.4, 0.5) is 0 Å². The van der Waals surface area contributed by atoms with E-state index in [-0.39, 0.29) is 17.1 Å². The zero-order chi connectivity index (χ0) is 14.0. The number of aliphatic hydroxyl groups is 1. The van der Waals surface area contributed by atoms with Crippen LogP contribution >= 0.6 is 11.6 Å². The predicted molar refractivity (Wildman–Crippen MR) is 67.2 cm³/mol. The topological polar surface area (TPSA) is 87.7 Å². The van der Waals surface area contributed by atoms with Crippen LogP contribution in [-0.2, 0) is 15.8 Å². The maximum atomic E-state index is 11.4. The standard InChI is InChI=1S/C12H12ClN3O3/c1-11(2)5-12(19,10(17)18)6-4-14-8-3-7(13)15-16(8)9(6)11/h3-4,19H,5H2,1-2H3,(H,17,18). The molecule has 2 aromatic heterocycles. The molecule has 0 saturated carbocycles. The molecule has 1 aliphatic rings. The molecule has 0 aromatic carbocycles. The highest BCUT2D eigenvalue weighted by Crippen LogP contribution is 2.48. The van der Waals surface area contributed by atoms with Crippen molar-refractivity contribution in [3.63, 3.8) is 0 Å². The van der Waals surface area contributed by atoms with Gasteiger partial charge in [-0.05, 0) is 0 Å². The van der Waals surface area contributed by atoms with Crippen molar-refractivity contribution in [1.29, 1.82) is 0 Å². The summed E-state index contributed by atoms with van der Waals surface area (Å²) in [5.74, 6) is -1.28. The molecule has 3 rings (SSSR count). The summed E-state index contributed by atoms with van der Waals surface area (Å²) in [5.41, 5.74) is -1.03. The maximum Gasteiger partial charge on any atom is 0.340 e. The number of nitrogens with zero attached hydrogens (tertiary/aromatic N) is 3. The van der Waals surface area contributed by atoms with Gasteiger partial charge in [-0.25, -0.2) is 14.3 Å². The Balaban J connectivity index is 2.41. The first kappa shape index (κ1) is 12.4. The number of carboxylic acids is 1. The first-order valence-corrected chi connectivity index (χ1v) is 6.14. The lowest BCUT2D eigenvalue weighted by Crippen LogP contribution is -2.34. The van der Waals surface area contributed by atoms with Crippen LogP contribution in [0.3, 0.4) is 0 Å². The molecule has 0 amide bonds. The molecule has 0 spiro atoms. The van der Waals surface area contributed by atoms with Gasteiger partial charge < -0.3 is 10.2 Å². The number of aromatic nitrogens is 3. The highest BCUT2D eigenvalue weighted by Gasteiger charge is 2.53. The van der Waals surface area contributed by atoms with Gasteiger partial charge in [0, 0.05) is 29.7 Å². The number of fused-ring (bicyclic) bond motifs is 3. The minimum Gasteiger partial charge on any atom is -0.479 e. The van der Waals surface area contributed by atoms with Gasteiger partial charge in [0.25, 0.3) is 0 Å². The maximum absolute atomic E-state index is 11.4.